The van der Waals surface area contributed by atoms with Crippen molar-refractivity contribution in [2.75, 3.05) is 26.3 Å². The van der Waals surface area contributed by atoms with Gasteiger partial charge in [0, 0.05) is 25.2 Å². The Bertz CT molecular complexity index is 943. The van der Waals surface area contributed by atoms with Crippen molar-refractivity contribution in [1.29, 1.82) is 0 Å². The molecule has 3 aromatic rings. The molecular weight excluding hydrogens is 384 g/mol. The number of aromatic nitrogens is 1. The van der Waals surface area contributed by atoms with Crippen LogP contribution in [0.25, 0.3) is 10.6 Å². The third kappa shape index (κ3) is 5.09. The fourth-order valence-corrected chi connectivity index (χ4v) is 4.36. The smallest absolute Gasteiger partial charge is 0.350 e. The molecule has 2 aromatic carbocycles. The highest BCUT2D eigenvalue weighted by molar-refractivity contribution is 7.17. The number of benzene rings is 2. The van der Waals surface area contributed by atoms with Gasteiger partial charge in [-0.1, -0.05) is 60.7 Å². The molecular formula is C23H24N2O3S. The molecule has 0 radical (unpaired) electrons. The van der Waals surface area contributed by atoms with Crippen LogP contribution in [0.2, 0.25) is 0 Å². The molecule has 0 amide bonds. The van der Waals surface area contributed by atoms with Crippen molar-refractivity contribution in [2.45, 2.75) is 19.6 Å². The van der Waals surface area contributed by atoms with Gasteiger partial charge in [0.2, 0.25) is 0 Å². The van der Waals surface area contributed by atoms with Crippen molar-refractivity contribution in [3.63, 3.8) is 0 Å². The number of hydrogen-bond donors (Lipinski definition) is 0. The van der Waals surface area contributed by atoms with Crippen molar-refractivity contribution in [2.24, 2.45) is 0 Å². The molecule has 1 aliphatic rings. The minimum atomic E-state index is -0.328. The summed E-state index contributed by atoms with van der Waals surface area (Å²) in [6.45, 7) is 5.25. The van der Waals surface area contributed by atoms with Gasteiger partial charge in [-0.05, 0) is 12.5 Å². The SMILES string of the molecule is Cc1nc(-c2ccccc2)sc1C(=O)OCC1CN(Cc2ccccc2)CCO1. The van der Waals surface area contributed by atoms with Crippen LogP contribution in [0, 0.1) is 6.92 Å². The zero-order chi connectivity index (χ0) is 20.1. The van der Waals surface area contributed by atoms with Gasteiger partial charge in [-0.15, -0.1) is 11.3 Å². The molecule has 2 heterocycles. The summed E-state index contributed by atoms with van der Waals surface area (Å²) in [6, 6.07) is 20.3. The molecule has 6 heteroatoms. The second-order valence-electron chi connectivity index (χ2n) is 7.11. The minimum absolute atomic E-state index is 0.113. The standard InChI is InChI=1S/C23H24N2O3S/c1-17-21(29-22(24-17)19-10-6-3-7-11-19)23(26)28-16-20-15-25(12-13-27-20)14-18-8-4-2-5-9-18/h2-11,20H,12-16H2,1H3. The first-order chi connectivity index (χ1) is 14.2. The van der Waals surface area contributed by atoms with Gasteiger partial charge >= 0.3 is 5.97 Å². The molecule has 0 N–H and O–H groups in total. The van der Waals surface area contributed by atoms with Gasteiger partial charge < -0.3 is 9.47 Å². The summed E-state index contributed by atoms with van der Waals surface area (Å²) in [5.41, 5.74) is 2.99. The third-order valence-corrected chi connectivity index (χ3v) is 6.06. The molecule has 1 fully saturated rings. The average molecular weight is 409 g/mol. The molecule has 1 unspecified atom stereocenters. The lowest BCUT2D eigenvalue weighted by Gasteiger charge is -2.32. The topological polar surface area (TPSA) is 51.7 Å². The van der Waals surface area contributed by atoms with Gasteiger partial charge in [0.05, 0.1) is 12.3 Å². The lowest BCUT2D eigenvalue weighted by molar-refractivity contribution is -0.0611. The Morgan fingerprint density at radius 3 is 2.66 bits per heavy atom. The van der Waals surface area contributed by atoms with E-state index in [9.17, 15) is 4.79 Å². The Morgan fingerprint density at radius 1 is 1.17 bits per heavy atom. The molecule has 0 saturated carbocycles. The van der Waals surface area contributed by atoms with Crippen molar-refractivity contribution >= 4 is 17.3 Å². The predicted molar refractivity (Wildman–Crippen MR) is 114 cm³/mol. The molecule has 1 aliphatic heterocycles. The maximum absolute atomic E-state index is 12.6. The highest BCUT2D eigenvalue weighted by Gasteiger charge is 2.24. The van der Waals surface area contributed by atoms with Crippen LogP contribution in [-0.2, 0) is 16.0 Å². The van der Waals surface area contributed by atoms with Gasteiger partial charge in [0.25, 0.3) is 0 Å². The number of carbonyl (C=O) groups excluding carboxylic acids is 1. The summed E-state index contributed by atoms with van der Waals surface area (Å²) < 4.78 is 11.4. The lowest BCUT2D eigenvalue weighted by Crippen LogP contribution is -2.44. The first-order valence-electron chi connectivity index (χ1n) is 9.77. The van der Waals surface area contributed by atoms with Gasteiger partial charge in [-0.2, -0.15) is 0 Å². The van der Waals surface area contributed by atoms with Crippen LogP contribution >= 0.6 is 11.3 Å². The molecule has 0 aliphatic carbocycles. The number of rotatable bonds is 6. The quantitative estimate of drug-likeness (QED) is 0.573. The summed E-state index contributed by atoms with van der Waals surface area (Å²) >= 11 is 1.37. The van der Waals surface area contributed by atoms with Crippen LogP contribution < -0.4 is 0 Å². The van der Waals surface area contributed by atoms with Crippen molar-refractivity contribution in [3.05, 3.63) is 76.8 Å². The van der Waals surface area contributed by atoms with Crippen molar-refractivity contribution in [3.8, 4) is 10.6 Å². The van der Waals surface area contributed by atoms with E-state index >= 15 is 0 Å². The van der Waals surface area contributed by atoms with Gasteiger partial charge in [0.15, 0.2) is 0 Å². The van der Waals surface area contributed by atoms with Crippen molar-refractivity contribution in [1.82, 2.24) is 9.88 Å². The first kappa shape index (κ1) is 19.8. The lowest BCUT2D eigenvalue weighted by atomic mass is 10.2. The largest absolute Gasteiger partial charge is 0.459 e. The minimum Gasteiger partial charge on any atom is -0.459 e. The fourth-order valence-electron chi connectivity index (χ4n) is 3.39. The Kier molecular flexibility index (Phi) is 6.34. The summed E-state index contributed by atoms with van der Waals surface area (Å²) in [7, 11) is 0. The normalized spacial score (nSPS) is 17.2. The average Bonchev–Trinajstić information content (AvgIpc) is 3.15. The van der Waals surface area contributed by atoms with Gasteiger partial charge in [0.1, 0.15) is 22.6 Å². The summed E-state index contributed by atoms with van der Waals surface area (Å²) in [4.78, 5) is 20.0. The van der Waals surface area contributed by atoms with E-state index in [4.69, 9.17) is 9.47 Å². The van der Waals surface area contributed by atoms with E-state index in [1.165, 1.54) is 16.9 Å². The number of thiazole rings is 1. The number of hydrogen-bond acceptors (Lipinski definition) is 6. The van der Waals surface area contributed by atoms with Gasteiger partial charge in [-0.3, -0.25) is 4.90 Å². The maximum Gasteiger partial charge on any atom is 0.350 e. The Hall–Kier alpha value is -2.54. The third-order valence-electron chi connectivity index (χ3n) is 4.87. The van der Waals surface area contributed by atoms with E-state index in [2.05, 4.69) is 34.1 Å². The van der Waals surface area contributed by atoms with Crippen molar-refractivity contribution < 1.29 is 14.3 Å². The highest BCUT2D eigenvalue weighted by atomic mass is 32.1. The Morgan fingerprint density at radius 2 is 1.90 bits per heavy atom. The number of carbonyl (C=O) groups is 1. The molecule has 0 bridgehead atoms. The second kappa shape index (κ2) is 9.31. The number of morpholine rings is 1. The number of ether oxygens (including phenoxy) is 2. The van der Waals surface area contributed by atoms with Crippen LogP contribution in [0.4, 0.5) is 0 Å². The molecule has 29 heavy (non-hydrogen) atoms. The van der Waals surface area contributed by atoms with E-state index in [0.29, 0.717) is 17.2 Å². The molecule has 5 nitrogen and oxygen atoms in total. The number of aryl methyl sites for hydroxylation is 1. The number of esters is 1. The molecule has 1 aromatic heterocycles. The van der Waals surface area contributed by atoms with Crippen LogP contribution in [0.5, 0.6) is 0 Å². The second-order valence-corrected chi connectivity index (χ2v) is 8.11. The van der Waals surface area contributed by atoms with Crippen LogP contribution in [0.1, 0.15) is 20.9 Å². The maximum atomic E-state index is 12.6. The van der Waals surface area contributed by atoms with Crippen LogP contribution in [0.15, 0.2) is 60.7 Å². The summed E-state index contributed by atoms with van der Waals surface area (Å²) in [5.74, 6) is -0.328. The first-order valence-corrected chi connectivity index (χ1v) is 10.6. The molecule has 0 spiro atoms. The summed E-state index contributed by atoms with van der Waals surface area (Å²) in [6.07, 6.45) is -0.113. The summed E-state index contributed by atoms with van der Waals surface area (Å²) in [5, 5.41) is 0.831. The van der Waals surface area contributed by atoms with E-state index in [1.54, 1.807) is 0 Å². The molecule has 4 rings (SSSR count). The van der Waals surface area contributed by atoms with Crippen LogP contribution in [-0.4, -0.2) is 48.3 Å². The Balaban J connectivity index is 1.33. The zero-order valence-electron chi connectivity index (χ0n) is 16.4. The highest BCUT2D eigenvalue weighted by Crippen LogP contribution is 2.28. The van der Waals surface area contributed by atoms with E-state index < -0.39 is 0 Å². The zero-order valence-corrected chi connectivity index (χ0v) is 17.2. The monoisotopic (exact) mass is 408 g/mol. The van der Waals surface area contributed by atoms with Gasteiger partial charge in [-0.25, -0.2) is 9.78 Å². The van der Waals surface area contributed by atoms with E-state index in [0.717, 1.165) is 30.2 Å². The molecule has 1 atom stereocenters. The molecule has 1 saturated heterocycles. The Labute approximate surface area is 174 Å². The molecule has 150 valence electrons. The van der Waals surface area contributed by atoms with E-state index in [-0.39, 0.29) is 18.7 Å². The predicted octanol–water partition coefficient (Wildman–Crippen LogP) is 4.18. The van der Waals surface area contributed by atoms with Crippen LogP contribution in [0.3, 0.4) is 0 Å². The van der Waals surface area contributed by atoms with E-state index in [1.807, 2.05) is 43.3 Å². The fraction of sp³-hybridized carbons (Fsp3) is 0.304. The number of nitrogens with zero attached hydrogens (tertiary/aromatic N) is 2.